The van der Waals surface area contributed by atoms with Crippen LogP contribution in [0.15, 0.2) is 24.3 Å². The number of hydrogen-bond donors (Lipinski definition) is 1. The summed E-state index contributed by atoms with van der Waals surface area (Å²) >= 11 is 2.04. The summed E-state index contributed by atoms with van der Waals surface area (Å²) in [5.41, 5.74) is 1.30. The highest BCUT2D eigenvalue weighted by Crippen LogP contribution is 2.28. The molecule has 0 saturated carbocycles. The molecule has 0 heterocycles. The van der Waals surface area contributed by atoms with Crippen LogP contribution in [0.3, 0.4) is 0 Å². The monoisotopic (exact) mass is 309 g/mol. The van der Waals surface area contributed by atoms with E-state index in [1.807, 2.05) is 18.7 Å². The first kappa shape index (κ1) is 18.4. The Labute approximate surface area is 135 Å². The molecule has 21 heavy (non-hydrogen) atoms. The third-order valence-electron chi connectivity index (χ3n) is 3.36. The summed E-state index contributed by atoms with van der Waals surface area (Å²) in [7, 11) is 0. The van der Waals surface area contributed by atoms with Gasteiger partial charge in [0.1, 0.15) is 5.75 Å². The van der Waals surface area contributed by atoms with Crippen molar-refractivity contribution in [3.05, 3.63) is 29.8 Å². The summed E-state index contributed by atoms with van der Waals surface area (Å²) in [6.07, 6.45) is 2.45. The van der Waals surface area contributed by atoms with Crippen molar-refractivity contribution >= 4 is 11.8 Å². The predicted octanol–water partition coefficient (Wildman–Crippen LogP) is 4.91. The van der Waals surface area contributed by atoms with E-state index in [0.29, 0.717) is 6.04 Å². The van der Waals surface area contributed by atoms with Gasteiger partial charge in [0.05, 0.1) is 6.61 Å². The third kappa shape index (κ3) is 7.23. The minimum Gasteiger partial charge on any atom is -0.494 e. The van der Waals surface area contributed by atoms with Crippen molar-refractivity contribution in [2.24, 2.45) is 5.92 Å². The molecule has 1 atom stereocenters. The maximum absolute atomic E-state index is 5.79. The van der Waals surface area contributed by atoms with E-state index >= 15 is 0 Å². The number of benzene rings is 1. The summed E-state index contributed by atoms with van der Waals surface area (Å²) < 4.78 is 5.79. The van der Waals surface area contributed by atoms with Gasteiger partial charge in [0.15, 0.2) is 0 Å². The Morgan fingerprint density at radius 2 is 1.95 bits per heavy atom. The summed E-state index contributed by atoms with van der Waals surface area (Å²) in [6, 6.07) is 8.82. The molecule has 0 amide bonds. The van der Waals surface area contributed by atoms with Crippen LogP contribution < -0.4 is 10.1 Å². The Kier molecular flexibility index (Phi) is 9.60. The van der Waals surface area contributed by atoms with Crippen LogP contribution >= 0.6 is 11.8 Å². The van der Waals surface area contributed by atoms with Crippen molar-refractivity contribution in [2.45, 2.75) is 46.6 Å². The molecule has 0 spiro atoms. The molecule has 0 radical (unpaired) electrons. The van der Waals surface area contributed by atoms with Crippen LogP contribution in [0.1, 0.15) is 52.1 Å². The lowest BCUT2D eigenvalue weighted by Gasteiger charge is -2.21. The molecule has 1 N–H and O–H groups in total. The third-order valence-corrected chi connectivity index (χ3v) is 4.45. The average molecular weight is 310 g/mol. The van der Waals surface area contributed by atoms with Gasteiger partial charge in [0.25, 0.3) is 0 Å². The van der Waals surface area contributed by atoms with Gasteiger partial charge in [-0.05, 0) is 44.0 Å². The van der Waals surface area contributed by atoms with Gasteiger partial charge in [-0.25, -0.2) is 0 Å². The van der Waals surface area contributed by atoms with E-state index in [-0.39, 0.29) is 0 Å². The first-order chi connectivity index (χ1) is 10.2. The standard InChI is InChI=1S/C18H31NOS/c1-5-12-19-17(14-21-13-11-15(3)4)16-9-7-8-10-18(16)20-6-2/h7-10,15,17,19H,5-6,11-14H2,1-4H3. The van der Waals surface area contributed by atoms with E-state index in [1.54, 1.807) is 0 Å². The van der Waals surface area contributed by atoms with Gasteiger partial charge in [-0.3, -0.25) is 0 Å². The van der Waals surface area contributed by atoms with Crippen LogP contribution in [-0.2, 0) is 0 Å². The second-order valence-electron chi connectivity index (χ2n) is 5.73. The van der Waals surface area contributed by atoms with E-state index < -0.39 is 0 Å². The zero-order chi connectivity index (χ0) is 15.5. The lowest BCUT2D eigenvalue weighted by molar-refractivity contribution is 0.332. The Bertz CT molecular complexity index is 381. The first-order valence-corrected chi connectivity index (χ1v) is 9.37. The Morgan fingerprint density at radius 3 is 2.62 bits per heavy atom. The lowest BCUT2D eigenvalue weighted by Crippen LogP contribution is -2.25. The van der Waals surface area contributed by atoms with Crippen LogP contribution in [0.5, 0.6) is 5.75 Å². The van der Waals surface area contributed by atoms with Crippen LogP contribution in [0, 0.1) is 5.92 Å². The topological polar surface area (TPSA) is 21.3 Å². The summed E-state index contributed by atoms with van der Waals surface area (Å²) in [4.78, 5) is 0. The summed E-state index contributed by atoms with van der Waals surface area (Å²) in [5.74, 6) is 4.16. The van der Waals surface area contributed by atoms with Gasteiger partial charge in [-0.2, -0.15) is 11.8 Å². The number of thioether (sulfide) groups is 1. The Balaban J connectivity index is 2.67. The normalized spacial score (nSPS) is 12.6. The molecule has 0 aromatic heterocycles. The Morgan fingerprint density at radius 1 is 1.19 bits per heavy atom. The molecule has 0 saturated heterocycles. The van der Waals surface area contributed by atoms with Gasteiger partial charge in [0.2, 0.25) is 0 Å². The van der Waals surface area contributed by atoms with Crippen molar-refractivity contribution in [1.82, 2.24) is 5.32 Å². The van der Waals surface area contributed by atoms with E-state index in [2.05, 4.69) is 50.4 Å². The molecular weight excluding hydrogens is 278 g/mol. The summed E-state index contributed by atoms with van der Waals surface area (Å²) in [6.45, 7) is 10.6. The number of rotatable bonds is 11. The number of para-hydroxylation sites is 1. The molecule has 0 aliphatic heterocycles. The average Bonchev–Trinajstić information content (AvgIpc) is 2.47. The zero-order valence-electron chi connectivity index (χ0n) is 14.0. The van der Waals surface area contributed by atoms with Crippen molar-refractivity contribution < 1.29 is 4.74 Å². The van der Waals surface area contributed by atoms with Crippen molar-refractivity contribution in [3.63, 3.8) is 0 Å². The molecular formula is C18H31NOS. The van der Waals surface area contributed by atoms with Gasteiger partial charge in [0, 0.05) is 17.4 Å². The van der Waals surface area contributed by atoms with Crippen LogP contribution in [0.25, 0.3) is 0 Å². The highest BCUT2D eigenvalue weighted by molar-refractivity contribution is 7.99. The smallest absolute Gasteiger partial charge is 0.124 e. The van der Waals surface area contributed by atoms with Crippen molar-refractivity contribution in [2.75, 3.05) is 24.7 Å². The number of ether oxygens (including phenoxy) is 1. The highest BCUT2D eigenvalue weighted by Gasteiger charge is 2.15. The number of hydrogen-bond acceptors (Lipinski definition) is 3. The second-order valence-corrected chi connectivity index (χ2v) is 6.88. The molecule has 120 valence electrons. The largest absolute Gasteiger partial charge is 0.494 e. The highest BCUT2D eigenvalue weighted by atomic mass is 32.2. The van der Waals surface area contributed by atoms with Crippen molar-refractivity contribution in [1.29, 1.82) is 0 Å². The van der Waals surface area contributed by atoms with E-state index in [1.165, 1.54) is 17.7 Å². The molecule has 0 aliphatic rings. The Hall–Kier alpha value is -0.670. The molecule has 2 nitrogen and oxygen atoms in total. The zero-order valence-corrected chi connectivity index (χ0v) is 14.8. The molecule has 1 aromatic carbocycles. The van der Waals surface area contributed by atoms with Gasteiger partial charge >= 0.3 is 0 Å². The van der Waals surface area contributed by atoms with Gasteiger partial charge < -0.3 is 10.1 Å². The first-order valence-electron chi connectivity index (χ1n) is 8.21. The van der Waals surface area contributed by atoms with E-state index in [0.717, 1.165) is 37.0 Å². The maximum Gasteiger partial charge on any atom is 0.124 e. The van der Waals surface area contributed by atoms with Crippen LogP contribution in [-0.4, -0.2) is 24.7 Å². The maximum atomic E-state index is 5.79. The minimum atomic E-state index is 0.380. The molecule has 1 unspecified atom stereocenters. The van der Waals surface area contributed by atoms with E-state index in [4.69, 9.17) is 4.74 Å². The second kappa shape index (κ2) is 11.0. The number of nitrogens with one attached hydrogen (secondary N) is 1. The van der Waals surface area contributed by atoms with Gasteiger partial charge in [-0.15, -0.1) is 0 Å². The fraction of sp³-hybridized carbons (Fsp3) is 0.667. The van der Waals surface area contributed by atoms with Crippen LogP contribution in [0.4, 0.5) is 0 Å². The SMILES string of the molecule is CCCNC(CSCCC(C)C)c1ccccc1OCC. The van der Waals surface area contributed by atoms with Crippen LogP contribution in [0.2, 0.25) is 0 Å². The quantitative estimate of drug-likeness (QED) is 0.587. The minimum absolute atomic E-state index is 0.380. The molecule has 1 rings (SSSR count). The molecule has 0 aliphatic carbocycles. The molecule has 0 fully saturated rings. The van der Waals surface area contributed by atoms with Gasteiger partial charge in [-0.1, -0.05) is 39.0 Å². The lowest BCUT2D eigenvalue weighted by atomic mass is 10.1. The fourth-order valence-corrected chi connectivity index (χ4v) is 3.49. The molecule has 3 heteroatoms. The van der Waals surface area contributed by atoms with Crippen molar-refractivity contribution in [3.8, 4) is 5.75 Å². The molecule has 1 aromatic rings. The molecule has 0 bridgehead atoms. The summed E-state index contributed by atoms with van der Waals surface area (Å²) in [5, 5.41) is 3.67. The fourth-order valence-electron chi connectivity index (χ4n) is 2.15. The predicted molar refractivity (Wildman–Crippen MR) is 95.4 cm³/mol. The van der Waals surface area contributed by atoms with E-state index in [9.17, 15) is 0 Å².